The van der Waals surface area contributed by atoms with E-state index in [1.807, 2.05) is 13.8 Å². The fraction of sp³-hybridized carbons (Fsp3) is 0.462. The Morgan fingerprint density at radius 1 is 1.39 bits per heavy atom. The van der Waals surface area contributed by atoms with Gasteiger partial charge >= 0.3 is 0 Å². The lowest BCUT2D eigenvalue weighted by Crippen LogP contribution is -2.35. The first-order chi connectivity index (χ1) is 10.8. The van der Waals surface area contributed by atoms with Crippen molar-refractivity contribution in [3.05, 3.63) is 27.9 Å². The molecule has 0 aliphatic heterocycles. The number of anilines is 1. The third-order valence-electron chi connectivity index (χ3n) is 3.00. The van der Waals surface area contributed by atoms with Crippen LogP contribution < -0.4 is 16.7 Å². The highest BCUT2D eigenvalue weighted by Gasteiger charge is 2.26. The molecule has 2 heterocycles. The van der Waals surface area contributed by atoms with Crippen molar-refractivity contribution in [2.24, 2.45) is 5.92 Å². The molecule has 0 saturated heterocycles. The Morgan fingerprint density at radius 3 is 2.65 bits per heavy atom. The fourth-order valence-electron chi connectivity index (χ4n) is 1.78. The van der Waals surface area contributed by atoms with E-state index in [1.165, 1.54) is 6.92 Å². The lowest BCUT2D eigenvalue weighted by atomic mass is 10.1. The van der Waals surface area contributed by atoms with Gasteiger partial charge in [0.2, 0.25) is 11.1 Å². The predicted molar refractivity (Wildman–Crippen MR) is 85.5 cm³/mol. The standard InChI is InChI=1S/C13H18N6O3S/c1-6(2)10(11(20)15-9-5-7(3)22-18-9)23-13-17-16-8(4)12(21)19(13)14/h5-6,10H,14H2,1-4H3,(H,15,18,20)/t10-/m0/s1. The van der Waals surface area contributed by atoms with Crippen molar-refractivity contribution < 1.29 is 9.32 Å². The summed E-state index contributed by atoms with van der Waals surface area (Å²) in [7, 11) is 0. The number of nitrogens with two attached hydrogens (primary N) is 1. The fourth-order valence-corrected chi connectivity index (χ4v) is 2.73. The summed E-state index contributed by atoms with van der Waals surface area (Å²) in [6.07, 6.45) is 0. The molecular formula is C13H18N6O3S. The summed E-state index contributed by atoms with van der Waals surface area (Å²) in [6.45, 7) is 7.01. The molecule has 124 valence electrons. The van der Waals surface area contributed by atoms with Gasteiger partial charge in [0.25, 0.3) is 5.56 Å². The molecule has 1 amide bonds. The SMILES string of the molecule is Cc1cc(NC(=O)[C@@H](Sc2nnc(C)c(=O)n2N)C(C)C)no1. The van der Waals surface area contributed by atoms with Crippen LogP contribution in [0.2, 0.25) is 0 Å². The van der Waals surface area contributed by atoms with Crippen LogP contribution in [0.4, 0.5) is 5.82 Å². The maximum absolute atomic E-state index is 12.4. The van der Waals surface area contributed by atoms with Crippen LogP contribution in [0.5, 0.6) is 0 Å². The van der Waals surface area contributed by atoms with Gasteiger partial charge in [-0.25, -0.2) is 0 Å². The van der Waals surface area contributed by atoms with E-state index in [1.54, 1.807) is 13.0 Å². The molecule has 0 aromatic carbocycles. The number of hydrogen-bond donors (Lipinski definition) is 2. The Morgan fingerprint density at radius 2 is 2.09 bits per heavy atom. The third kappa shape index (κ3) is 3.89. The van der Waals surface area contributed by atoms with Gasteiger partial charge in [0.1, 0.15) is 11.5 Å². The van der Waals surface area contributed by atoms with Crippen LogP contribution >= 0.6 is 11.8 Å². The number of aryl methyl sites for hydroxylation is 2. The number of nitrogen functional groups attached to an aromatic ring is 1. The number of carbonyl (C=O) groups is 1. The molecule has 0 aliphatic rings. The van der Waals surface area contributed by atoms with Gasteiger partial charge in [-0.05, 0) is 19.8 Å². The second-order valence-electron chi connectivity index (χ2n) is 5.34. The molecule has 0 aliphatic carbocycles. The minimum absolute atomic E-state index is 0.0359. The van der Waals surface area contributed by atoms with Gasteiger partial charge in [0.05, 0.1) is 5.25 Å². The van der Waals surface area contributed by atoms with E-state index in [4.69, 9.17) is 10.4 Å². The van der Waals surface area contributed by atoms with Crippen LogP contribution in [0.1, 0.15) is 25.3 Å². The average Bonchev–Trinajstić information content (AvgIpc) is 2.88. The van der Waals surface area contributed by atoms with Gasteiger partial charge in [0, 0.05) is 6.07 Å². The number of thioether (sulfide) groups is 1. The minimum Gasteiger partial charge on any atom is -0.360 e. The number of carbonyl (C=O) groups excluding carboxylic acids is 1. The molecule has 23 heavy (non-hydrogen) atoms. The van der Waals surface area contributed by atoms with Crippen LogP contribution in [-0.4, -0.2) is 31.2 Å². The normalized spacial score (nSPS) is 12.4. The number of rotatable bonds is 5. The molecule has 1 atom stereocenters. The van der Waals surface area contributed by atoms with Crippen molar-refractivity contribution in [1.82, 2.24) is 20.0 Å². The number of nitrogens with one attached hydrogen (secondary N) is 1. The number of aromatic nitrogens is 4. The highest BCUT2D eigenvalue weighted by atomic mass is 32.2. The van der Waals surface area contributed by atoms with Gasteiger partial charge in [-0.15, -0.1) is 10.2 Å². The molecule has 0 fully saturated rings. The maximum atomic E-state index is 12.4. The molecule has 2 aromatic heterocycles. The maximum Gasteiger partial charge on any atom is 0.294 e. The van der Waals surface area contributed by atoms with Crippen LogP contribution in [0.3, 0.4) is 0 Å². The molecule has 2 aromatic rings. The number of hydrogen-bond acceptors (Lipinski definition) is 8. The van der Waals surface area contributed by atoms with Crippen molar-refractivity contribution in [3.8, 4) is 0 Å². The molecule has 0 unspecified atom stereocenters. The molecule has 2 rings (SSSR count). The van der Waals surface area contributed by atoms with E-state index in [0.717, 1.165) is 16.4 Å². The Balaban J connectivity index is 2.20. The van der Waals surface area contributed by atoms with E-state index in [0.29, 0.717) is 11.6 Å². The van der Waals surface area contributed by atoms with Gasteiger partial charge in [-0.2, -0.15) is 4.68 Å². The molecule has 0 saturated carbocycles. The quantitative estimate of drug-likeness (QED) is 0.602. The highest BCUT2D eigenvalue weighted by molar-refractivity contribution is 8.00. The van der Waals surface area contributed by atoms with Crippen LogP contribution in [0.25, 0.3) is 0 Å². The smallest absolute Gasteiger partial charge is 0.294 e. The molecule has 10 heteroatoms. The Labute approximate surface area is 136 Å². The van der Waals surface area contributed by atoms with Crippen LogP contribution in [0.15, 0.2) is 20.5 Å². The summed E-state index contributed by atoms with van der Waals surface area (Å²) in [5.41, 5.74) is -0.252. The first-order valence-corrected chi connectivity index (χ1v) is 7.79. The molecule has 3 N–H and O–H groups in total. The Kier molecular flexibility index (Phi) is 5.04. The van der Waals surface area contributed by atoms with Gasteiger partial charge in [-0.3, -0.25) is 9.59 Å². The average molecular weight is 338 g/mol. The van der Waals surface area contributed by atoms with Crippen molar-refractivity contribution in [2.75, 3.05) is 11.2 Å². The second kappa shape index (κ2) is 6.82. The lowest BCUT2D eigenvalue weighted by Gasteiger charge is -2.19. The largest absolute Gasteiger partial charge is 0.360 e. The van der Waals surface area contributed by atoms with Crippen molar-refractivity contribution in [2.45, 2.75) is 38.1 Å². The topological polar surface area (TPSA) is 129 Å². The van der Waals surface area contributed by atoms with E-state index < -0.39 is 10.8 Å². The van der Waals surface area contributed by atoms with Gasteiger partial charge in [-0.1, -0.05) is 30.8 Å². The summed E-state index contributed by atoms with van der Waals surface area (Å²) in [4.78, 5) is 24.2. The van der Waals surface area contributed by atoms with E-state index in [2.05, 4.69) is 20.7 Å². The van der Waals surface area contributed by atoms with Gasteiger partial charge < -0.3 is 15.7 Å². The summed E-state index contributed by atoms with van der Waals surface area (Å²) in [5, 5.41) is 13.7. The predicted octanol–water partition coefficient (Wildman–Crippen LogP) is 0.712. The number of nitrogens with zero attached hydrogens (tertiary/aromatic N) is 4. The van der Waals surface area contributed by atoms with Crippen molar-refractivity contribution >= 4 is 23.5 Å². The zero-order valence-electron chi connectivity index (χ0n) is 13.2. The summed E-state index contributed by atoms with van der Waals surface area (Å²) >= 11 is 1.07. The van der Waals surface area contributed by atoms with Crippen LogP contribution in [-0.2, 0) is 4.79 Å². The zero-order chi connectivity index (χ0) is 17.1. The minimum atomic E-state index is -0.529. The summed E-state index contributed by atoms with van der Waals surface area (Å²) in [6, 6.07) is 1.62. The highest BCUT2D eigenvalue weighted by Crippen LogP contribution is 2.26. The summed E-state index contributed by atoms with van der Waals surface area (Å²) in [5.74, 6) is 6.31. The summed E-state index contributed by atoms with van der Waals surface area (Å²) < 4.78 is 5.81. The number of amides is 1. The van der Waals surface area contributed by atoms with Crippen molar-refractivity contribution in [3.63, 3.8) is 0 Å². The first-order valence-electron chi connectivity index (χ1n) is 6.92. The first kappa shape index (κ1) is 17.0. The monoisotopic (exact) mass is 338 g/mol. The Hall–Kier alpha value is -2.36. The zero-order valence-corrected chi connectivity index (χ0v) is 14.0. The van der Waals surface area contributed by atoms with Crippen LogP contribution in [0, 0.1) is 19.8 Å². The molecule has 0 spiro atoms. The molecule has 0 bridgehead atoms. The second-order valence-corrected chi connectivity index (χ2v) is 6.45. The van der Waals surface area contributed by atoms with E-state index >= 15 is 0 Å². The lowest BCUT2D eigenvalue weighted by molar-refractivity contribution is -0.116. The molecular weight excluding hydrogens is 320 g/mol. The Bertz CT molecular complexity index is 769. The molecule has 0 radical (unpaired) electrons. The van der Waals surface area contributed by atoms with Crippen molar-refractivity contribution in [1.29, 1.82) is 0 Å². The van der Waals surface area contributed by atoms with Gasteiger partial charge in [0.15, 0.2) is 5.82 Å². The molecule has 9 nitrogen and oxygen atoms in total. The van der Waals surface area contributed by atoms with E-state index in [-0.39, 0.29) is 22.7 Å². The van der Waals surface area contributed by atoms with E-state index in [9.17, 15) is 9.59 Å². The third-order valence-corrected chi connectivity index (χ3v) is 4.50.